The smallest absolute Gasteiger partial charge is 0.309 e. The Morgan fingerprint density at radius 1 is 1.39 bits per heavy atom. The van der Waals surface area contributed by atoms with Gasteiger partial charge in [0.1, 0.15) is 0 Å². The van der Waals surface area contributed by atoms with Gasteiger partial charge in [-0.1, -0.05) is 12.1 Å². The SMILES string of the molecule is CC(C)(Cc1cccc2c1CCS2(=O)=O)C(=O)O. The average Bonchev–Trinajstić information content (AvgIpc) is 2.56. The van der Waals surface area contributed by atoms with Crippen molar-refractivity contribution >= 4 is 15.8 Å². The number of benzene rings is 1. The van der Waals surface area contributed by atoms with Crippen molar-refractivity contribution < 1.29 is 18.3 Å². The van der Waals surface area contributed by atoms with E-state index in [1.807, 2.05) is 6.07 Å². The van der Waals surface area contributed by atoms with E-state index in [1.54, 1.807) is 26.0 Å². The summed E-state index contributed by atoms with van der Waals surface area (Å²) in [5.41, 5.74) is 0.745. The van der Waals surface area contributed by atoms with Crippen molar-refractivity contribution in [3.8, 4) is 0 Å². The number of carboxylic acid groups (broad SMARTS) is 1. The lowest BCUT2D eigenvalue weighted by molar-refractivity contribution is -0.146. The Hall–Kier alpha value is -1.36. The largest absolute Gasteiger partial charge is 0.481 e. The predicted octanol–water partition coefficient (Wildman–Crippen LogP) is 1.67. The van der Waals surface area contributed by atoms with Gasteiger partial charge in [0.15, 0.2) is 9.84 Å². The Kier molecular flexibility index (Phi) is 2.97. The van der Waals surface area contributed by atoms with Gasteiger partial charge in [-0.15, -0.1) is 0 Å². The van der Waals surface area contributed by atoms with Gasteiger partial charge in [0.2, 0.25) is 0 Å². The zero-order chi connectivity index (χ0) is 13.6. The maximum Gasteiger partial charge on any atom is 0.309 e. The van der Waals surface area contributed by atoms with Crippen molar-refractivity contribution in [3.63, 3.8) is 0 Å². The molecule has 2 rings (SSSR count). The van der Waals surface area contributed by atoms with Crippen LogP contribution in [-0.2, 0) is 27.5 Å². The molecule has 4 nitrogen and oxygen atoms in total. The highest BCUT2D eigenvalue weighted by molar-refractivity contribution is 7.91. The first kappa shape index (κ1) is 13.1. The second kappa shape index (κ2) is 4.09. The van der Waals surface area contributed by atoms with E-state index in [-0.39, 0.29) is 5.75 Å². The van der Waals surface area contributed by atoms with Gasteiger partial charge in [0, 0.05) is 0 Å². The van der Waals surface area contributed by atoms with Crippen LogP contribution in [0.25, 0.3) is 0 Å². The summed E-state index contributed by atoms with van der Waals surface area (Å²) in [5, 5.41) is 9.14. The van der Waals surface area contributed by atoms with Crippen LogP contribution in [0.15, 0.2) is 23.1 Å². The normalized spacial score (nSPS) is 17.4. The molecule has 0 unspecified atom stereocenters. The maximum absolute atomic E-state index is 11.8. The van der Waals surface area contributed by atoms with Gasteiger partial charge in [-0.25, -0.2) is 8.42 Å². The molecule has 1 aliphatic rings. The third kappa shape index (κ3) is 2.14. The summed E-state index contributed by atoms with van der Waals surface area (Å²) in [7, 11) is -3.15. The summed E-state index contributed by atoms with van der Waals surface area (Å²) < 4.78 is 23.6. The molecule has 5 heteroatoms. The number of carboxylic acids is 1. The van der Waals surface area contributed by atoms with Crippen LogP contribution < -0.4 is 0 Å². The lowest BCUT2D eigenvalue weighted by Crippen LogP contribution is -2.26. The van der Waals surface area contributed by atoms with Crippen LogP contribution >= 0.6 is 0 Å². The molecule has 1 N–H and O–H groups in total. The highest BCUT2D eigenvalue weighted by Gasteiger charge is 2.32. The Bertz CT molecular complexity index is 599. The lowest BCUT2D eigenvalue weighted by Gasteiger charge is -2.20. The lowest BCUT2D eigenvalue weighted by atomic mass is 9.84. The number of hydrogen-bond donors (Lipinski definition) is 1. The standard InChI is InChI=1S/C13H16O4S/c1-13(2,12(14)15)8-9-4-3-5-11-10(9)6-7-18(11,16)17/h3-5H,6-8H2,1-2H3,(H,14,15). The van der Waals surface area contributed by atoms with E-state index >= 15 is 0 Å². The van der Waals surface area contributed by atoms with E-state index < -0.39 is 21.2 Å². The van der Waals surface area contributed by atoms with E-state index in [4.69, 9.17) is 5.11 Å². The number of carbonyl (C=O) groups is 1. The third-order valence-corrected chi connectivity index (χ3v) is 5.19. The molecule has 98 valence electrons. The summed E-state index contributed by atoms with van der Waals surface area (Å²) in [5.74, 6) is -0.742. The van der Waals surface area contributed by atoms with Gasteiger partial charge < -0.3 is 5.11 Å². The second-order valence-electron chi connectivity index (χ2n) is 5.33. The van der Waals surface area contributed by atoms with Gasteiger partial charge in [0.25, 0.3) is 0 Å². The molecule has 0 fully saturated rings. The van der Waals surface area contributed by atoms with Crippen molar-refractivity contribution in [3.05, 3.63) is 29.3 Å². The van der Waals surface area contributed by atoms with Crippen molar-refractivity contribution in [2.75, 3.05) is 5.75 Å². The first-order valence-corrected chi connectivity index (χ1v) is 7.46. The molecular formula is C13H16O4S. The Balaban J connectivity index is 2.44. The van der Waals surface area contributed by atoms with Gasteiger partial charge in [-0.05, 0) is 43.9 Å². The van der Waals surface area contributed by atoms with Crippen LogP contribution in [0.5, 0.6) is 0 Å². The van der Waals surface area contributed by atoms with Crippen LogP contribution in [0, 0.1) is 5.41 Å². The molecule has 1 aromatic rings. The van der Waals surface area contributed by atoms with Crippen molar-refractivity contribution in [2.45, 2.75) is 31.6 Å². The van der Waals surface area contributed by atoms with E-state index in [9.17, 15) is 13.2 Å². The van der Waals surface area contributed by atoms with Crippen LogP contribution in [0.1, 0.15) is 25.0 Å². The van der Waals surface area contributed by atoms with Gasteiger partial charge >= 0.3 is 5.97 Å². The highest BCUT2D eigenvalue weighted by Crippen LogP contribution is 2.32. The molecule has 0 aliphatic carbocycles. The molecule has 1 heterocycles. The van der Waals surface area contributed by atoms with E-state index in [0.717, 1.165) is 11.1 Å². The Morgan fingerprint density at radius 3 is 2.67 bits per heavy atom. The van der Waals surface area contributed by atoms with Crippen LogP contribution in [-0.4, -0.2) is 25.2 Å². The van der Waals surface area contributed by atoms with Crippen LogP contribution in [0.3, 0.4) is 0 Å². The zero-order valence-corrected chi connectivity index (χ0v) is 11.3. The van der Waals surface area contributed by atoms with Crippen LogP contribution in [0.2, 0.25) is 0 Å². The predicted molar refractivity (Wildman–Crippen MR) is 67.3 cm³/mol. The van der Waals surface area contributed by atoms with Gasteiger partial charge in [-0.3, -0.25) is 4.79 Å². The minimum absolute atomic E-state index is 0.132. The maximum atomic E-state index is 11.8. The molecule has 0 radical (unpaired) electrons. The Morgan fingerprint density at radius 2 is 2.06 bits per heavy atom. The van der Waals surface area contributed by atoms with E-state index in [1.165, 1.54) is 0 Å². The first-order valence-electron chi connectivity index (χ1n) is 5.81. The van der Waals surface area contributed by atoms with Crippen molar-refractivity contribution in [2.24, 2.45) is 5.41 Å². The number of fused-ring (bicyclic) bond motifs is 1. The molecule has 0 bridgehead atoms. The fraction of sp³-hybridized carbons (Fsp3) is 0.462. The summed E-state index contributed by atoms with van der Waals surface area (Å²) in [6.07, 6.45) is 0.838. The minimum atomic E-state index is -3.15. The molecule has 18 heavy (non-hydrogen) atoms. The fourth-order valence-electron chi connectivity index (χ4n) is 2.25. The van der Waals surface area contributed by atoms with Crippen molar-refractivity contribution in [1.82, 2.24) is 0 Å². The molecule has 0 aromatic heterocycles. The average molecular weight is 268 g/mol. The number of rotatable bonds is 3. The van der Waals surface area contributed by atoms with Gasteiger partial charge in [0.05, 0.1) is 16.1 Å². The molecule has 0 saturated carbocycles. The molecular weight excluding hydrogens is 252 g/mol. The van der Waals surface area contributed by atoms with E-state index in [0.29, 0.717) is 17.7 Å². The molecule has 0 amide bonds. The summed E-state index contributed by atoms with van der Waals surface area (Å²) in [6.45, 7) is 3.30. The summed E-state index contributed by atoms with van der Waals surface area (Å²) in [6, 6.07) is 5.12. The molecule has 0 spiro atoms. The van der Waals surface area contributed by atoms with Crippen LogP contribution in [0.4, 0.5) is 0 Å². The number of hydrogen-bond acceptors (Lipinski definition) is 3. The molecule has 0 saturated heterocycles. The quantitative estimate of drug-likeness (QED) is 0.905. The molecule has 1 aromatic carbocycles. The first-order chi connectivity index (χ1) is 8.24. The topological polar surface area (TPSA) is 71.4 Å². The molecule has 0 atom stereocenters. The molecule has 1 aliphatic heterocycles. The highest BCUT2D eigenvalue weighted by atomic mass is 32.2. The monoisotopic (exact) mass is 268 g/mol. The second-order valence-corrected chi connectivity index (χ2v) is 7.41. The van der Waals surface area contributed by atoms with E-state index in [2.05, 4.69) is 0 Å². The number of sulfone groups is 1. The minimum Gasteiger partial charge on any atom is -0.481 e. The Labute approximate surface area is 107 Å². The summed E-state index contributed by atoms with van der Waals surface area (Å²) >= 11 is 0. The summed E-state index contributed by atoms with van der Waals surface area (Å²) in [4.78, 5) is 11.5. The number of aliphatic carboxylic acids is 1. The fourth-order valence-corrected chi connectivity index (χ4v) is 3.84. The van der Waals surface area contributed by atoms with Gasteiger partial charge in [-0.2, -0.15) is 0 Å². The third-order valence-electron chi connectivity index (χ3n) is 3.40. The van der Waals surface area contributed by atoms with Crippen molar-refractivity contribution in [1.29, 1.82) is 0 Å². The zero-order valence-electron chi connectivity index (χ0n) is 10.4.